The van der Waals surface area contributed by atoms with Crippen molar-refractivity contribution in [2.24, 2.45) is 0 Å². The standard InChI is InChI=1S/C17H26N2O2/c1-11-8-14(9-12(2)16(11)21-5)10-19(4)13(3)17(20)18-15-6-7-15/h8-9,13,15H,6-7,10H2,1-5H3,(H,18,20)/t13-/m1/s1. The summed E-state index contributed by atoms with van der Waals surface area (Å²) < 4.78 is 5.39. The molecule has 1 N–H and O–H groups in total. The molecule has 4 heteroatoms. The first-order valence-electron chi connectivity index (χ1n) is 7.57. The van der Waals surface area contributed by atoms with Crippen molar-refractivity contribution in [1.82, 2.24) is 10.2 Å². The van der Waals surface area contributed by atoms with Gasteiger partial charge in [-0.2, -0.15) is 0 Å². The fraction of sp³-hybridized carbons (Fsp3) is 0.588. The Hall–Kier alpha value is -1.55. The van der Waals surface area contributed by atoms with Crippen LogP contribution in [0.25, 0.3) is 0 Å². The second kappa shape index (κ2) is 6.48. The minimum atomic E-state index is -0.117. The van der Waals surface area contributed by atoms with Crippen LogP contribution in [-0.4, -0.2) is 37.0 Å². The molecule has 0 unspecified atom stereocenters. The lowest BCUT2D eigenvalue weighted by Gasteiger charge is -2.24. The number of methoxy groups -OCH3 is 1. The molecular weight excluding hydrogens is 264 g/mol. The van der Waals surface area contributed by atoms with Crippen molar-refractivity contribution in [3.05, 3.63) is 28.8 Å². The molecule has 2 rings (SSSR count). The van der Waals surface area contributed by atoms with Gasteiger partial charge in [-0.15, -0.1) is 0 Å². The molecule has 0 aliphatic heterocycles. The third-order valence-electron chi connectivity index (χ3n) is 4.12. The molecule has 0 heterocycles. The summed E-state index contributed by atoms with van der Waals surface area (Å²) in [5, 5.41) is 3.06. The van der Waals surface area contributed by atoms with E-state index in [4.69, 9.17) is 4.74 Å². The lowest BCUT2D eigenvalue weighted by Crippen LogP contribution is -2.43. The van der Waals surface area contributed by atoms with Gasteiger partial charge in [0.25, 0.3) is 0 Å². The van der Waals surface area contributed by atoms with Crippen LogP contribution in [0.4, 0.5) is 0 Å². The number of amides is 1. The summed E-state index contributed by atoms with van der Waals surface area (Å²) in [5.74, 6) is 1.07. The molecular formula is C17H26N2O2. The predicted molar refractivity (Wildman–Crippen MR) is 84.6 cm³/mol. The minimum absolute atomic E-state index is 0.117. The summed E-state index contributed by atoms with van der Waals surface area (Å²) in [7, 11) is 3.69. The number of nitrogens with zero attached hydrogens (tertiary/aromatic N) is 1. The maximum Gasteiger partial charge on any atom is 0.237 e. The number of hydrogen-bond donors (Lipinski definition) is 1. The number of carbonyl (C=O) groups is 1. The van der Waals surface area contributed by atoms with Gasteiger partial charge in [-0.3, -0.25) is 9.69 Å². The van der Waals surface area contributed by atoms with Crippen molar-refractivity contribution in [1.29, 1.82) is 0 Å². The fourth-order valence-corrected chi connectivity index (χ4v) is 2.63. The van der Waals surface area contributed by atoms with E-state index in [2.05, 4.69) is 36.2 Å². The maximum absolute atomic E-state index is 12.1. The van der Waals surface area contributed by atoms with Crippen LogP contribution >= 0.6 is 0 Å². The molecule has 1 saturated carbocycles. The van der Waals surface area contributed by atoms with E-state index in [-0.39, 0.29) is 11.9 Å². The van der Waals surface area contributed by atoms with E-state index in [1.807, 2.05) is 14.0 Å². The molecule has 0 radical (unpaired) electrons. The Balaban J connectivity index is 2.01. The number of hydrogen-bond acceptors (Lipinski definition) is 3. The highest BCUT2D eigenvalue weighted by Crippen LogP contribution is 2.25. The first kappa shape index (κ1) is 15.8. The van der Waals surface area contributed by atoms with Gasteiger partial charge in [-0.1, -0.05) is 12.1 Å². The van der Waals surface area contributed by atoms with Gasteiger partial charge in [0.2, 0.25) is 5.91 Å². The topological polar surface area (TPSA) is 41.6 Å². The molecule has 0 spiro atoms. The lowest BCUT2D eigenvalue weighted by molar-refractivity contribution is -0.125. The first-order valence-corrected chi connectivity index (χ1v) is 7.57. The van der Waals surface area contributed by atoms with Gasteiger partial charge in [0.05, 0.1) is 13.2 Å². The second-order valence-electron chi connectivity index (χ2n) is 6.14. The highest BCUT2D eigenvalue weighted by molar-refractivity contribution is 5.81. The van der Waals surface area contributed by atoms with Crippen LogP contribution in [-0.2, 0) is 11.3 Å². The van der Waals surface area contributed by atoms with Gasteiger partial charge < -0.3 is 10.1 Å². The van der Waals surface area contributed by atoms with Crippen LogP contribution in [0.1, 0.15) is 36.5 Å². The van der Waals surface area contributed by atoms with Crippen LogP contribution in [0.5, 0.6) is 5.75 Å². The molecule has 1 aliphatic carbocycles. The highest BCUT2D eigenvalue weighted by Gasteiger charge is 2.27. The zero-order valence-corrected chi connectivity index (χ0v) is 13.7. The fourth-order valence-electron chi connectivity index (χ4n) is 2.63. The average Bonchev–Trinajstić information content (AvgIpc) is 3.21. The molecule has 0 aromatic heterocycles. The van der Waals surface area contributed by atoms with Crippen LogP contribution in [0.15, 0.2) is 12.1 Å². The maximum atomic E-state index is 12.1. The molecule has 1 aromatic rings. The number of nitrogens with one attached hydrogen (secondary N) is 1. The normalized spacial score (nSPS) is 15.9. The third kappa shape index (κ3) is 3.97. The van der Waals surface area contributed by atoms with Crippen molar-refractivity contribution >= 4 is 5.91 Å². The molecule has 1 fully saturated rings. The Labute approximate surface area is 127 Å². The SMILES string of the molecule is COc1c(C)cc(CN(C)[C@H](C)C(=O)NC2CC2)cc1C. The van der Waals surface area contributed by atoms with Gasteiger partial charge in [0, 0.05) is 12.6 Å². The molecule has 21 heavy (non-hydrogen) atoms. The first-order chi connectivity index (χ1) is 9.92. The Morgan fingerprint density at radius 3 is 2.43 bits per heavy atom. The molecule has 4 nitrogen and oxygen atoms in total. The van der Waals surface area contributed by atoms with Gasteiger partial charge in [0.15, 0.2) is 0 Å². The number of rotatable bonds is 6. The molecule has 1 aliphatic rings. The van der Waals surface area contributed by atoms with E-state index in [1.165, 1.54) is 5.56 Å². The van der Waals surface area contributed by atoms with Crippen molar-refractivity contribution in [2.75, 3.05) is 14.2 Å². The number of aryl methyl sites for hydroxylation is 2. The van der Waals surface area contributed by atoms with Crippen molar-refractivity contribution in [3.8, 4) is 5.75 Å². The Morgan fingerprint density at radius 1 is 1.38 bits per heavy atom. The Morgan fingerprint density at radius 2 is 1.95 bits per heavy atom. The van der Waals surface area contributed by atoms with E-state index < -0.39 is 0 Å². The average molecular weight is 290 g/mol. The molecule has 1 amide bonds. The predicted octanol–water partition coefficient (Wildman–Crippen LogP) is 2.41. The highest BCUT2D eigenvalue weighted by atomic mass is 16.5. The van der Waals surface area contributed by atoms with Gasteiger partial charge in [0.1, 0.15) is 5.75 Å². The molecule has 116 valence electrons. The molecule has 0 bridgehead atoms. The number of ether oxygens (including phenoxy) is 1. The zero-order chi connectivity index (χ0) is 15.6. The number of benzene rings is 1. The summed E-state index contributed by atoms with van der Waals surface area (Å²) in [6.07, 6.45) is 2.25. The smallest absolute Gasteiger partial charge is 0.237 e. The molecule has 1 atom stereocenters. The number of likely N-dealkylation sites (N-methyl/N-ethyl adjacent to an activating group) is 1. The van der Waals surface area contributed by atoms with Crippen molar-refractivity contribution < 1.29 is 9.53 Å². The minimum Gasteiger partial charge on any atom is -0.496 e. The Kier molecular flexibility index (Phi) is 4.88. The summed E-state index contributed by atoms with van der Waals surface area (Å²) in [5.41, 5.74) is 3.48. The van der Waals surface area contributed by atoms with Crippen LogP contribution in [0.3, 0.4) is 0 Å². The summed E-state index contributed by atoms with van der Waals surface area (Å²) in [6.45, 7) is 6.82. The van der Waals surface area contributed by atoms with E-state index in [9.17, 15) is 4.79 Å². The van der Waals surface area contributed by atoms with E-state index in [0.717, 1.165) is 36.3 Å². The summed E-state index contributed by atoms with van der Waals surface area (Å²) in [4.78, 5) is 14.2. The van der Waals surface area contributed by atoms with Crippen molar-refractivity contribution in [3.63, 3.8) is 0 Å². The van der Waals surface area contributed by atoms with Crippen LogP contribution in [0.2, 0.25) is 0 Å². The summed E-state index contributed by atoms with van der Waals surface area (Å²) in [6, 6.07) is 4.56. The van der Waals surface area contributed by atoms with E-state index in [1.54, 1.807) is 7.11 Å². The van der Waals surface area contributed by atoms with E-state index >= 15 is 0 Å². The van der Waals surface area contributed by atoms with Gasteiger partial charge in [-0.25, -0.2) is 0 Å². The largest absolute Gasteiger partial charge is 0.496 e. The van der Waals surface area contributed by atoms with Crippen molar-refractivity contribution in [2.45, 2.75) is 52.2 Å². The second-order valence-corrected chi connectivity index (χ2v) is 6.14. The van der Waals surface area contributed by atoms with Gasteiger partial charge in [-0.05, 0) is 57.4 Å². The van der Waals surface area contributed by atoms with Gasteiger partial charge >= 0.3 is 0 Å². The zero-order valence-electron chi connectivity index (χ0n) is 13.7. The third-order valence-corrected chi connectivity index (χ3v) is 4.12. The number of carbonyl (C=O) groups excluding carboxylic acids is 1. The van der Waals surface area contributed by atoms with E-state index in [0.29, 0.717) is 6.04 Å². The lowest BCUT2D eigenvalue weighted by atomic mass is 10.0. The quantitative estimate of drug-likeness (QED) is 0.875. The molecule has 1 aromatic carbocycles. The summed E-state index contributed by atoms with van der Waals surface area (Å²) >= 11 is 0. The van der Waals surface area contributed by atoms with Crippen LogP contribution < -0.4 is 10.1 Å². The Bertz CT molecular complexity index is 501. The monoisotopic (exact) mass is 290 g/mol. The van der Waals surface area contributed by atoms with Crippen LogP contribution in [0, 0.1) is 13.8 Å². The molecule has 0 saturated heterocycles.